The number of carbonyl (C=O) groups is 1. The predicted octanol–water partition coefficient (Wildman–Crippen LogP) is 4.41. The third kappa shape index (κ3) is 3.12. The van der Waals surface area contributed by atoms with Crippen LogP contribution < -0.4 is 10.9 Å². The van der Waals surface area contributed by atoms with Crippen molar-refractivity contribution < 1.29 is 4.79 Å². The summed E-state index contributed by atoms with van der Waals surface area (Å²) in [5.41, 5.74) is 2.54. The summed E-state index contributed by atoms with van der Waals surface area (Å²) >= 11 is 1.71. The number of anilines is 1. The van der Waals surface area contributed by atoms with Gasteiger partial charge in [-0.05, 0) is 44.0 Å². The zero-order chi connectivity index (χ0) is 17.3. The van der Waals surface area contributed by atoms with E-state index in [1.54, 1.807) is 30.4 Å². The summed E-state index contributed by atoms with van der Waals surface area (Å²) in [4.78, 5) is 28.4. The number of aromatic amines is 1. The fourth-order valence-corrected chi connectivity index (χ4v) is 4.09. The van der Waals surface area contributed by atoms with Crippen molar-refractivity contribution in [1.29, 1.82) is 0 Å². The maximum atomic E-state index is 12.6. The first-order chi connectivity index (χ1) is 11.5. The van der Waals surface area contributed by atoms with Crippen LogP contribution in [0.5, 0.6) is 0 Å². The fourth-order valence-electron chi connectivity index (χ4n) is 2.73. The van der Waals surface area contributed by atoms with Gasteiger partial charge in [-0.15, -0.1) is 11.3 Å². The molecule has 0 saturated heterocycles. The minimum absolute atomic E-state index is 0.134. The third-order valence-electron chi connectivity index (χ3n) is 3.93. The monoisotopic (exact) mass is 340 g/mol. The van der Waals surface area contributed by atoms with Crippen LogP contribution in [0.15, 0.2) is 35.1 Å². The number of hydrogen-bond donors (Lipinski definition) is 2. The van der Waals surface area contributed by atoms with Crippen LogP contribution in [0.4, 0.5) is 5.69 Å². The van der Waals surface area contributed by atoms with Gasteiger partial charge in [-0.3, -0.25) is 9.59 Å². The molecular weight excluding hydrogens is 320 g/mol. The number of amides is 1. The molecule has 3 rings (SSSR count). The van der Waals surface area contributed by atoms with E-state index in [9.17, 15) is 9.59 Å². The number of hydrogen-bond acceptors (Lipinski definition) is 3. The van der Waals surface area contributed by atoms with Crippen LogP contribution in [0.2, 0.25) is 0 Å². The number of H-pyrrole nitrogens is 1. The topological polar surface area (TPSA) is 62.0 Å². The molecule has 124 valence electrons. The van der Waals surface area contributed by atoms with Gasteiger partial charge in [-0.25, -0.2) is 0 Å². The lowest BCUT2D eigenvalue weighted by Gasteiger charge is -2.07. The maximum Gasteiger partial charge on any atom is 0.261 e. The smallest absolute Gasteiger partial charge is 0.261 e. The van der Waals surface area contributed by atoms with Crippen molar-refractivity contribution in [3.63, 3.8) is 0 Å². The van der Waals surface area contributed by atoms with Gasteiger partial charge in [0.25, 0.3) is 11.5 Å². The van der Waals surface area contributed by atoms with Gasteiger partial charge >= 0.3 is 0 Å². The van der Waals surface area contributed by atoms with Crippen LogP contribution in [0.25, 0.3) is 10.1 Å². The summed E-state index contributed by atoms with van der Waals surface area (Å²) < 4.78 is 1.16. The number of rotatable bonds is 4. The van der Waals surface area contributed by atoms with Crippen molar-refractivity contribution in [3.8, 4) is 0 Å². The molecular formula is C19H20N2O2S. The second-order valence-electron chi connectivity index (χ2n) is 5.99. The molecule has 3 aromatic rings. The molecule has 5 heteroatoms. The quantitative estimate of drug-likeness (QED) is 0.739. The summed E-state index contributed by atoms with van der Waals surface area (Å²) in [7, 11) is 0. The summed E-state index contributed by atoms with van der Waals surface area (Å²) in [5, 5.41) is 4.00. The zero-order valence-corrected chi connectivity index (χ0v) is 14.8. The molecule has 0 aliphatic carbocycles. The Hall–Kier alpha value is -2.40. The largest absolute Gasteiger partial charge is 0.326 e. The lowest BCUT2D eigenvalue weighted by atomic mass is 10.1. The molecule has 24 heavy (non-hydrogen) atoms. The van der Waals surface area contributed by atoms with Gasteiger partial charge in [-0.2, -0.15) is 0 Å². The number of benzene rings is 1. The summed E-state index contributed by atoms with van der Waals surface area (Å²) in [5.74, 6) is -0.367. The number of nitrogens with one attached hydrogen (secondary N) is 2. The Morgan fingerprint density at radius 2 is 2.00 bits per heavy atom. The molecule has 2 heterocycles. The van der Waals surface area contributed by atoms with Crippen LogP contribution in [0, 0.1) is 13.8 Å². The van der Waals surface area contributed by atoms with E-state index in [2.05, 4.69) is 30.2 Å². The van der Waals surface area contributed by atoms with Crippen LogP contribution >= 0.6 is 11.3 Å². The van der Waals surface area contributed by atoms with E-state index < -0.39 is 0 Å². The fraction of sp³-hybridized carbons (Fsp3) is 0.263. The highest BCUT2D eigenvalue weighted by Crippen LogP contribution is 2.37. The third-order valence-corrected chi connectivity index (χ3v) is 5.15. The van der Waals surface area contributed by atoms with E-state index in [-0.39, 0.29) is 17.0 Å². The molecule has 4 nitrogen and oxygen atoms in total. The number of carbonyl (C=O) groups excluding carboxylic acids is 1. The number of thiophene rings is 1. The van der Waals surface area contributed by atoms with Gasteiger partial charge in [0.15, 0.2) is 0 Å². The standard InChI is InChI=1S/C19H20N2O2S/c1-4-5-15-17(13-8-6-11(2)10-16(13)24-15)21-19(23)14-9-7-12(3)20-18(14)22/h6-10H,4-5H2,1-3H3,(H,20,22)(H,21,23). The predicted molar refractivity (Wildman–Crippen MR) is 100 cm³/mol. The van der Waals surface area contributed by atoms with Crippen LogP contribution in [-0.2, 0) is 6.42 Å². The number of aryl methyl sites for hydroxylation is 3. The van der Waals surface area contributed by atoms with E-state index in [0.29, 0.717) is 0 Å². The Morgan fingerprint density at radius 1 is 1.21 bits per heavy atom. The van der Waals surface area contributed by atoms with Crippen LogP contribution in [0.1, 0.15) is 39.8 Å². The van der Waals surface area contributed by atoms with Crippen molar-refractivity contribution in [1.82, 2.24) is 4.98 Å². The molecule has 0 unspecified atom stereocenters. The second kappa shape index (κ2) is 6.61. The lowest BCUT2D eigenvalue weighted by Crippen LogP contribution is -2.23. The zero-order valence-electron chi connectivity index (χ0n) is 14.0. The average molecular weight is 340 g/mol. The van der Waals surface area contributed by atoms with Crippen molar-refractivity contribution in [3.05, 3.63) is 62.4 Å². The van der Waals surface area contributed by atoms with Crippen molar-refractivity contribution >= 4 is 33.0 Å². The highest BCUT2D eigenvalue weighted by Gasteiger charge is 2.17. The first kappa shape index (κ1) is 16.5. The molecule has 0 aliphatic heterocycles. The van der Waals surface area contributed by atoms with Crippen molar-refractivity contribution in [2.24, 2.45) is 0 Å². The molecule has 0 aliphatic rings. The highest BCUT2D eigenvalue weighted by molar-refractivity contribution is 7.19. The van der Waals surface area contributed by atoms with Gasteiger partial charge in [0.1, 0.15) is 5.56 Å². The Morgan fingerprint density at radius 3 is 2.71 bits per heavy atom. The molecule has 0 saturated carbocycles. The minimum Gasteiger partial charge on any atom is -0.326 e. The molecule has 0 bridgehead atoms. The Labute approximate surface area is 144 Å². The van der Waals surface area contributed by atoms with Gasteiger partial charge in [0.2, 0.25) is 0 Å². The van der Waals surface area contributed by atoms with Gasteiger partial charge in [0.05, 0.1) is 5.69 Å². The van der Waals surface area contributed by atoms with Crippen molar-refractivity contribution in [2.45, 2.75) is 33.6 Å². The molecule has 2 N–H and O–H groups in total. The lowest BCUT2D eigenvalue weighted by molar-refractivity contribution is 0.102. The molecule has 1 aromatic carbocycles. The molecule has 0 fully saturated rings. The Bertz CT molecular complexity index is 969. The highest BCUT2D eigenvalue weighted by atomic mass is 32.1. The summed E-state index contributed by atoms with van der Waals surface area (Å²) in [6, 6.07) is 9.52. The first-order valence-corrected chi connectivity index (χ1v) is 8.84. The molecule has 0 radical (unpaired) electrons. The molecule has 0 spiro atoms. The van der Waals surface area contributed by atoms with E-state index in [1.165, 1.54) is 5.56 Å². The first-order valence-electron chi connectivity index (χ1n) is 8.03. The molecule has 2 aromatic heterocycles. The van der Waals surface area contributed by atoms with Gasteiger partial charge in [0, 0.05) is 20.7 Å². The summed E-state index contributed by atoms with van der Waals surface area (Å²) in [6.07, 6.45) is 1.90. The number of aromatic nitrogens is 1. The average Bonchev–Trinajstić information content (AvgIpc) is 2.84. The molecule has 1 amide bonds. The molecule has 0 atom stereocenters. The van der Waals surface area contributed by atoms with Crippen LogP contribution in [0.3, 0.4) is 0 Å². The second-order valence-corrected chi connectivity index (χ2v) is 7.12. The van der Waals surface area contributed by atoms with Gasteiger partial charge < -0.3 is 10.3 Å². The van der Waals surface area contributed by atoms with Crippen LogP contribution in [-0.4, -0.2) is 10.9 Å². The Balaban J connectivity index is 2.03. The van der Waals surface area contributed by atoms with Gasteiger partial charge in [-0.1, -0.05) is 25.5 Å². The van der Waals surface area contributed by atoms with E-state index in [0.717, 1.165) is 39.2 Å². The minimum atomic E-state index is -0.367. The maximum absolute atomic E-state index is 12.6. The SMILES string of the molecule is CCCc1sc2cc(C)ccc2c1NC(=O)c1ccc(C)[nH]c1=O. The number of fused-ring (bicyclic) bond motifs is 1. The normalized spacial score (nSPS) is 11.0. The van der Waals surface area contributed by atoms with E-state index in [1.807, 2.05) is 12.1 Å². The van der Waals surface area contributed by atoms with E-state index >= 15 is 0 Å². The summed E-state index contributed by atoms with van der Waals surface area (Å²) in [6.45, 7) is 5.96. The van der Waals surface area contributed by atoms with E-state index in [4.69, 9.17) is 0 Å². The number of pyridine rings is 1. The Kier molecular flexibility index (Phi) is 4.53. The van der Waals surface area contributed by atoms with Crippen molar-refractivity contribution in [2.75, 3.05) is 5.32 Å².